The second-order valence-corrected chi connectivity index (χ2v) is 7.04. The molecule has 5 nitrogen and oxygen atoms in total. The van der Waals surface area contributed by atoms with Gasteiger partial charge in [-0.3, -0.25) is 0 Å². The zero-order chi connectivity index (χ0) is 19.6. The first kappa shape index (κ1) is 19.1. The lowest BCUT2D eigenvalue weighted by Gasteiger charge is -2.32. The molecule has 0 aromatic heterocycles. The van der Waals surface area contributed by atoms with Crippen LogP contribution in [-0.2, 0) is 11.2 Å². The Morgan fingerprint density at radius 1 is 1.11 bits per heavy atom. The number of benzene rings is 2. The quantitative estimate of drug-likeness (QED) is 0.788. The molecule has 0 heterocycles. The molecule has 1 aliphatic rings. The number of carbonyl (C=O) groups excluding carboxylic acids is 1. The Balaban J connectivity index is 2.05. The van der Waals surface area contributed by atoms with Crippen molar-refractivity contribution in [3.63, 3.8) is 0 Å². The van der Waals surface area contributed by atoms with Gasteiger partial charge in [0.2, 0.25) is 0 Å². The molecule has 144 valence electrons. The first-order valence-corrected chi connectivity index (χ1v) is 9.29. The number of nitrogens with two attached hydrogens (primary N) is 1. The van der Waals surface area contributed by atoms with Crippen LogP contribution in [-0.4, -0.2) is 20.3 Å². The van der Waals surface area contributed by atoms with Gasteiger partial charge in [-0.1, -0.05) is 32.0 Å². The molecule has 1 unspecified atom stereocenters. The minimum absolute atomic E-state index is 0.111. The van der Waals surface area contributed by atoms with Gasteiger partial charge in [-0.15, -0.1) is 0 Å². The number of rotatable bonds is 6. The van der Waals surface area contributed by atoms with Crippen LogP contribution in [0.1, 0.15) is 43.9 Å². The molecule has 1 atom stereocenters. The Labute approximate surface area is 160 Å². The smallest absolute Gasteiger partial charge is 0.405 e. The lowest BCUT2D eigenvalue weighted by molar-refractivity contribution is 0.0140. The highest BCUT2D eigenvalue weighted by atomic mass is 16.6. The predicted octanol–water partition coefficient (Wildman–Crippen LogP) is 4.87. The zero-order valence-electron chi connectivity index (χ0n) is 16.4. The molecular formula is C22H27NO4. The van der Waals surface area contributed by atoms with Gasteiger partial charge in [-0.2, -0.15) is 0 Å². The van der Waals surface area contributed by atoms with Crippen LogP contribution < -0.4 is 15.2 Å². The second-order valence-electron chi connectivity index (χ2n) is 7.04. The number of carbonyl (C=O) groups is 1. The van der Waals surface area contributed by atoms with Gasteiger partial charge in [0.1, 0.15) is 17.6 Å². The molecule has 1 aliphatic carbocycles. The Kier molecular flexibility index (Phi) is 5.31. The van der Waals surface area contributed by atoms with Gasteiger partial charge in [0.25, 0.3) is 0 Å². The molecule has 0 saturated heterocycles. The van der Waals surface area contributed by atoms with Crippen molar-refractivity contribution in [2.24, 2.45) is 11.1 Å². The molecule has 0 radical (unpaired) electrons. The van der Waals surface area contributed by atoms with E-state index in [9.17, 15) is 4.79 Å². The average molecular weight is 369 g/mol. The summed E-state index contributed by atoms with van der Waals surface area (Å²) in [5, 5.41) is 0. The Hall–Kier alpha value is -2.69. The molecule has 0 bridgehead atoms. The fourth-order valence-corrected chi connectivity index (χ4v) is 4.20. The minimum atomic E-state index is -0.722. The van der Waals surface area contributed by atoms with Crippen molar-refractivity contribution in [2.75, 3.05) is 14.2 Å². The SMILES string of the molecule is CCC1(CC)Cc2cc(-c3ccc(OC)cc3OC)ccc2C1OC(N)=O. The highest BCUT2D eigenvalue weighted by Crippen LogP contribution is 2.53. The topological polar surface area (TPSA) is 70.8 Å². The van der Waals surface area contributed by atoms with Gasteiger partial charge in [0.05, 0.1) is 14.2 Å². The number of amides is 1. The van der Waals surface area contributed by atoms with E-state index in [2.05, 4.69) is 26.0 Å². The van der Waals surface area contributed by atoms with Crippen LogP contribution in [0.25, 0.3) is 11.1 Å². The summed E-state index contributed by atoms with van der Waals surface area (Å²) in [5.74, 6) is 1.51. The second kappa shape index (κ2) is 7.51. The Morgan fingerprint density at radius 3 is 2.44 bits per heavy atom. The van der Waals surface area contributed by atoms with Crippen LogP contribution in [0, 0.1) is 5.41 Å². The van der Waals surface area contributed by atoms with Gasteiger partial charge in [-0.25, -0.2) is 4.79 Å². The summed E-state index contributed by atoms with van der Waals surface area (Å²) < 4.78 is 16.4. The van der Waals surface area contributed by atoms with Gasteiger partial charge >= 0.3 is 6.09 Å². The first-order chi connectivity index (χ1) is 13.0. The molecule has 0 fully saturated rings. The van der Waals surface area contributed by atoms with E-state index in [-0.39, 0.29) is 11.5 Å². The van der Waals surface area contributed by atoms with Crippen LogP contribution in [0.2, 0.25) is 0 Å². The highest BCUT2D eigenvalue weighted by Gasteiger charge is 2.46. The van der Waals surface area contributed by atoms with E-state index in [1.54, 1.807) is 14.2 Å². The molecule has 0 spiro atoms. The number of fused-ring (bicyclic) bond motifs is 1. The third-order valence-corrected chi connectivity index (χ3v) is 5.89. The van der Waals surface area contributed by atoms with E-state index in [4.69, 9.17) is 19.9 Å². The van der Waals surface area contributed by atoms with E-state index in [1.807, 2.05) is 24.3 Å². The van der Waals surface area contributed by atoms with Gasteiger partial charge in [0, 0.05) is 17.0 Å². The standard InChI is InChI=1S/C22H27NO4/c1-5-22(6-2)13-15-11-14(7-9-18(15)20(22)27-21(23)24)17-10-8-16(25-3)12-19(17)26-4/h7-12,20H,5-6,13H2,1-4H3,(H2,23,24). The van der Waals surface area contributed by atoms with E-state index < -0.39 is 6.09 Å². The van der Waals surface area contributed by atoms with Crippen molar-refractivity contribution in [2.45, 2.75) is 39.2 Å². The lowest BCUT2D eigenvalue weighted by atomic mass is 9.77. The molecule has 2 aromatic rings. The molecular weight excluding hydrogens is 342 g/mol. The molecule has 0 aliphatic heterocycles. The number of ether oxygens (including phenoxy) is 3. The fraction of sp³-hybridized carbons (Fsp3) is 0.409. The Bertz CT molecular complexity index is 842. The summed E-state index contributed by atoms with van der Waals surface area (Å²) in [6.45, 7) is 4.28. The van der Waals surface area contributed by atoms with E-state index >= 15 is 0 Å². The van der Waals surface area contributed by atoms with Crippen molar-refractivity contribution < 1.29 is 19.0 Å². The first-order valence-electron chi connectivity index (χ1n) is 9.29. The van der Waals surface area contributed by atoms with Crippen LogP contribution in [0.3, 0.4) is 0 Å². The molecule has 5 heteroatoms. The number of methoxy groups -OCH3 is 2. The fourth-order valence-electron chi connectivity index (χ4n) is 4.20. The Morgan fingerprint density at radius 2 is 1.85 bits per heavy atom. The maximum Gasteiger partial charge on any atom is 0.405 e. The average Bonchev–Trinajstić information content (AvgIpc) is 3.00. The van der Waals surface area contributed by atoms with Crippen LogP contribution in [0.15, 0.2) is 36.4 Å². The van der Waals surface area contributed by atoms with Crippen molar-refractivity contribution in [3.05, 3.63) is 47.5 Å². The van der Waals surface area contributed by atoms with Crippen LogP contribution >= 0.6 is 0 Å². The van der Waals surface area contributed by atoms with Crippen molar-refractivity contribution in [3.8, 4) is 22.6 Å². The van der Waals surface area contributed by atoms with Gasteiger partial charge in [0.15, 0.2) is 0 Å². The van der Waals surface area contributed by atoms with Crippen LogP contribution in [0.5, 0.6) is 11.5 Å². The summed E-state index contributed by atoms with van der Waals surface area (Å²) in [5.41, 5.74) is 9.55. The highest BCUT2D eigenvalue weighted by molar-refractivity contribution is 5.73. The summed E-state index contributed by atoms with van der Waals surface area (Å²) >= 11 is 0. The predicted molar refractivity (Wildman–Crippen MR) is 105 cm³/mol. The van der Waals surface area contributed by atoms with Crippen LogP contribution in [0.4, 0.5) is 4.79 Å². The van der Waals surface area contributed by atoms with E-state index in [1.165, 1.54) is 5.56 Å². The largest absolute Gasteiger partial charge is 0.497 e. The summed E-state index contributed by atoms with van der Waals surface area (Å²) in [4.78, 5) is 11.5. The summed E-state index contributed by atoms with van der Waals surface area (Å²) in [6.07, 6.45) is 1.67. The molecule has 3 rings (SSSR count). The number of primary amides is 1. The maximum atomic E-state index is 11.5. The van der Waals surface area contributed by atoms with Gasteiger partial charge in [-0.05, 0) is 48.1 Å². The van der Waals surface area contributed by atoms with Crippen molar-refractivity contribution in [1.82, 2.24) is 0 Å². The molecule has 2 N–H and O–H groups in total. The van der Waals surface area contributed by atoms with Crippen molar-refractivity contribution >= 4 is 6.09 Å². The normalized spacial score (nSPS) is 17.3. The molecule has 0 saturated carbocycles. The number of hydrogen-bond acceptors (Lipinski definition) is 4. The van der Waals surface area contributed by atoms with Gasteiger partial charge < -0.3 is 19.9 Å². The third kappa shape index (κ3) is 3.34. The lowest BCUT2D eigenvalue weighted by Crippen LogP contribution is -2.30. The monoisotopic (exact) mass is 369 g/mol. The molecule has 1 amide bonds. The summed E-state index contributed by atoms with van der Waals surface area (Å²) in [7, 11) is 3.29. The van der Waals surface area contributed by atoms with E-state index in [0.29, 0.717) is 0 Å². The number of hydrogen-bond donors (Lipinski definition) is 1. The third-order valence-electron chi connectivity index (χ3n) is 5.89. The van der Waals surface area contributed by atoms with E-state index in [0.717, 1.165) is 47.5 Å². The summed E-state index contributed by atoms with van der Waals surface area (Å²) in [6, 6.07) is 12.1. The zero-order valence-corrected chi connectivity index (χ0v) is 16.4. The molecule has 27 heavy (non-hydrogen) atoms. The minimum Gasteiger partial charge on any atom is -0.497 e. The maximum absolute atomic E-state index is 11.5. The molecule has 2 aromatic carbocycles. The van der Waals surface area contributed by atoms with Crippen molar-refractivity contribution in [1.29, 1.82) is 0 Å².